The standard InChI is InChI=1S/C16H16N4O5.ClH/c1-16(6-5-10(21)19-15(16)25)20-13(23)8-3-2-4-9(12(8)14(20)24)18-11(22)7-17;/h2-4H,5-7,17H2,1H3,(H,18,22)(H,19,21,25);1H/t16-;/m0./s1. The van der Waals surface area contributed by atoms with Gasteiger partial charge in [0.1, 0.15) is 5.54 Å². The van der Waals surface area contributed by atoms with Crippen LogP contribution in [0.4, 0.5) is 5.69 Å². The maximum absolute atomic E-state index is 12.9. The summed E-state index contributed by atoms with van der Waals surface area (Å²) in [6.45, 7) is 1.16. The van der Waals surface area contributed by atoms with E-state index in [0.29, 0.717) is 0 Å². The lowest BCUT2D eigenvalue weighted by Gasteiger charge is -2.38. The molecule has 3 rings (SSSR count). The van der Waals surface area contributed by atoms with E-state index in [9.17, 15) is 24.0 Å². The SMILES string of the molecule is C[C@]1(N2C(=O)c3cccc(NC(=O)CN)c3C2=O)CCC(=O)NC1=O.Cl. The third-order valence-corrected chi connectivity index (χ3v) is 4.45. The molecule has 1 atom stereocenters. The Kier molecular flexibility index (Phi) is 5.15. The minimum atomic E-state index is -1.48. The quantitative estimate of drug-likeness (QED) is 0.620. The van der Waals surface area contributed by atoms with Gasteiger partial charge in [0.25, 0.3) is 17.7 Å². The Bertz CT molecular complexity index is 840. The minimum Gasteiger partial charge on any atom is -0.324 e. The second-order valence-electron chi connectivity index (χ2n) is 6.08. The second-order valence-corrected chi connectivity index (χ2v) is 6.08. The van der Waals surface area contributed by atoms with E-state index in [1.54, 1.807) is 0 Å². The van der Waals surface area contributed by atoms with Gasteiger partial charge < -0.3 is 11.1 Å². The Balaban J connectivity index is 0.00000243. The third kappa shape index (κ3) is 2.85. The van der Waals surface area contributed by atoms with Crippen LogP contribution in [-0.2, 0) is 14.4 Å². The predicted molar refractivity (Wildman–Crippen MR) is 92.7 cm³/mol. The number of imide groups is 2. The van der Waals surface area contributed by atoms with Crippen molar-refractivity contribution < 1.29 is 24.0 Å². The smallest absolute Gasteiger partial charge is 0.264 e. The summed E-state index contributed by atoms with van der Waals surface area (Å²) in [4.78, 5) is 61.7. The van der Waals surface area contributed by atoms with Crippen molar-refractivity contribution in [2.75, 3.05) is 11.9 Å². The molecule has 2 aliphatic rings. The minimum absolute atomic E-state index is 0. The van der Waals surface area contributed by atoms with Crippen LogP contribution >= 0.6 is 12.4 Å². The van der Waals surface area contributed by atoms with Crippen molar-refractivity contribution in [3.63, 3.8) is 0 Å². The highest BCUT2D eigenvalue weighted by molar-refractivity contribution is 6.26. The number of piperidine rings is 1. The zero-order valence-corrected chi connectivity index (χ0v) is 14.6. The third-order valence-electron chi connectivity index (χ3n) is 4.45. The van der Waals surface area contributed by atoms with E-state index in [-0.39, 0.29) is 48.6 Å². The average Bonchev–Trinajstić information content (AvgIpc) is 2.84. The van der Waals surface area contributed by atoms with Crippen LogP contribution in [0.15, 0.2) is 18.2 Å². The Morgan fingerprint density at radius 2 is 1.96 bits per heavy atom. The molecule has 1 saturated heterocycles. The van der Waals surface area contributed by atoms with E-state index in [1.165, 1.54) is 25.1 Å². The van der Waals surface area contributed by atoms with Crippen molar-refractivity contribution in [2.24, 2.45) is 5.73 Å². The van der Waals surface area contributed by atoms with E-state index in [2.05, 4.69) is 10.6 Å². The Hall–Kier alpha value is -2.78. The summed E-state index contributed by atoms with van der Waals surface area (Å²) in [5.74, 6) is -3.00. The average molecular weight is 381 g/mol. The van der Waals surface area contributed by atoms with Gasteiger partial charge in [0.05, 0.1) is 23.4 Å². The lowest BCUT2D eigenvalue weighted by atomic mass is 9.89. The first-order chi connectivity index (χ1) is 11.8. The van der Waals surface area contributed by atoms with Gasteiger partial charge in [-0.3, -0.25) is 34.2 Å². The van der Waals surface area contributed by atoms with Gasteiger partial charge >= 0.3 is 0 Å². The summed E-state index contributed by atoms with van der Waals surface area (Å²) in [5.41, 5.74) is 4.05. The molecule has 1 fully saturated rings. The topological polar surface area (TPSA) is 139 Å². The van der Waals surface area contributed by atoms with Crippen LogP contribution in [0.1, 0.15) is 40.5 Å². The molecule has 10 heteroatoms. The number of rotatable bonds is 3. The van der Waals surface area contributed by atoms with Gasteiger partial charge in [-0.15, -0.1) is 12.4 Å². The number of amides is 5. The van der Waals surface area contributed by atoms with Gasteiger partial charge in [0.15, 0.2) is 0 Å². The van der Waals surface area contributed by atoms with Crippen molar-refractivity contribution in [1.82, 2.24) is 10.2 Å². The number of nitrogens with one attached hydrogen (secondary N) is 2. The van der Waals surface area contributed by atoms with Crippen LogP contribution in [0.25, 0.3) is 0 Å². The van der Waals surface area contributed by atoms with Crippen molar-refractivity contribution in [3.8, 4) is 0 Å². The van der Waals surface area contributed by atoms with Gasteiger partial charge in [0, 0.05) is 6.42 Å². The maximum Gasteiger partial charge on any atom is 0.264 e. The molecule has 0 saturated carbocycles. The molecule has 0 radical (unpaired) electrons. The number of hydrogen-bond acceptors (Lipinski definition) is 6. The molecule has 138 valence electrons. The Morgan fingerprint density at radius 3 is 2.58 bits per heavy atom. The van der Waals surface area contributed by atoms with E-state index in [0.717, 1.165) is 4.90 Å². The molecule has 0 unspecified atom stereocenters. The first kappa shape index (κ1) is 19.5. The van der Waals surface area contributed by atoms with Crippen LogP contribution in [0, 0.1) is 0 Å². The highest BCUT2D eigenvalue weighted by atomic mass is 35.5. The molecule has 26 heavy (non-hydrogen) atoms. The Morgan fingerprint density at radius 1 is 1.27 bits per heavy atom. The lowest BCUT2D eigenvalue weighted by Crippen LogP contribution is -2.62. The first-order valence-corrected chi connectivity index (χ1v) is 7.65. The van der Waals surface area contributed by atoms with E-state index in [1.807, 2.05) is 0 Å². The van der Waals surface area contributed by atoms with Crippen LogP contribution in [-0.4, -0.2) is 46.5 Å². The van der Waals surface area contributed by atoms with E-state index < -0.39 is 35.1 Å². The van der Waals surface area contributed by atoms with E-state index >= 15 is 0 Å². The van der Waals surface area contributed by atoms with E-state index in [4.69, 9.17) is 5.73 Å². The number of nitrogens with two attached hydrogens (primary N) is 1. The number of anilines is 1. The number of fused-ring (bicyclic) bond motifs is 1. The van der Waals surface area contributed by atoms with Gasteiger partial charge in [0.2, 0.25) is 11.8 Å². The van der Waals surface area contributed by atoms with Crippen LogP contribution in [0.5, 0.6) is 0 Å². The number of nitrogens with zero attached hydrogens (tertiary/aromatic N) is 1. The molecule has 0 aliphatic carbocycles. The Labute approximate surface area is 154 Å². The summed E-state index contributed by atoms with van der Waals surface area (Å²) in [5, 5.41) is 4.64. The van der Waals surface area contributed by atoms with Crippen molar-refractivity contribution in [3.05, 3.63) is 29.3 Å². The summed E-state index contributed by atoms with van der Waals surface area (Å²) < 4.78 is 0. The van der Waals surface area contributed by atoms with Crippen LogP contribution in [0.2, 0.25) is 0 Å². The normalized spacial score (nSPS) is 21.8. The number of carbonyl (C=O) groups is 5. The largest absolute Gasteiger partial charge is 0.324 e. The summed E-state index contributed by atoms with van der Waals surface area (Å²) in [7, 11) is 0. The van der Waals surface area contributed by atoms with Crippen LogP contribution in [0.3, 0.4) is 0 Å². The maximum atomic E-state index is 12.9. The zero-order chi connectivity index (χ0) is 18.4. The molecule has 1 aromatic rings. The first-order valence-electron chi connectivity index (χ1n) is 7.65. The molecule has 2 heterocycles. The highest BCUT2D eigenvalue weighted by Gasteiger charge is 2.53. The summed E-state index contributed by atoms with van der Waals surface area (Å²) in [6.07, 6.45) is 0.0556. The molecule has 9 nitrogen and oxygen atoms in total. The number of halogens is 1. The van der Waals surface area contributed by atoms with Gasteiger partial charge in [-0.25, -0.2) is 0 Å². The lowest BCUT2D eigenvalue weighted by molar-refractivity contribution is -0.141. The molecule has 0 spiro atoms. The number of carbonyl (C=O) groups excluding carboxylic acids is 5. The second kappa shape index (κ2) is 6.85. The van der Waals surface area contributed by atoms with Crippen molar-refractivity contribution in [1.29, 1.82) is 0 Å². The molecule has 0 bridgehead atoms. The fourth-order valence-corrected chi connectivity index (χ4v) is 3.05. The van der Waals surface area contributed by atoms with Gasteiger partial charge in [-0.2, -0.15) is 0 Å². The molecular weight excluding hydrogens is 364 g/mol. The molecule has 2 aliphatic heterocycles. The predicted octanol–water partition coefficient (Wildman–Crippen LogP) is -0.203. The van der Waals surface area contributed by atoms with Crippen LogP contribution < -0.4 is 16.4 Å². The zero-order valence-electron chi connectivity index (χ0n) is 13.8. The fourth-order valence-electron chi connectivity index (χ4n) is 3.05. The molecule has 1 aromatic carbocycles. The number of benzene rings is 1. The summed E-state index contributed by atoms with van der Waals surface area (Å²) in [6, 6.07) is 4.45. The monoisotopic (exact) mass is 380 g/mol. The fraction of sp³-hybridized carbons (Fsp3) is 0.312. The van der Waals surface area contributed by atoms with Crippen molar-refractivity contribution in [2.45, 2.75) is 25.3 Å². The molecular formula is C16H17ClN4O5. The molecule has 0 aromatic heterocycles. The van der Waals surface area contributed by atoms with Crippen molar-refractivity contribution >= 4 is 47.6 Å². The highest BCUT2D eigenvalue weighted by Crippen LogP contribution is 2.36. The molecule has 4 N–H and O–H groups in total. The molecule has 5 amide bonds. The summed E-state index contributed by atoms with van der Waals surface area (Å²) >= 11 is 0. The van der Waals surface area contributed by atoms with Gasteiger partial charge in [-0.05, 0) is 25.5 Å². The number of hydrogen-bond donors (Lipinski definition) is 3. The van der Waals surface area contributed by atoms with Gasteiger partial charge in [-0.1, -0.05) is 6.07 Å².